The second-order valence-electron chi connectivity index (χ2n) is 13.0. The summed E-state index contributed by atoms with van der Waals surface area (Å²) in [5, 5.41) is 21.1. The van der Waals surface area contributed by atoms with Crippen LogP contribution in [0.2, 0.25) is 0 Å². The van der Waals surface area contributed by atoms with Gasteiger partial charge in [-0.3, -0.25) is 4.90 Å². The Morgan fingerprint density at radius 3 is 2.81 bits per heavy atom. The molecule has 4 atom stereocenters. The standard InChI is InChI=1S/C35H31F3N6O3/c1-2-24-26(37)8-7-20-10-23(45)11-25(27(20)24)30-29(38)31-28-32(44-9-5-3-4-6-22(44)17-46-33(28)40-30)42-34(41-31)47-18-35-12-19(14-39)15-43(35)16-21(36)13-35/h1,7-8,10-11,19,21-22,45H,3-6,9,12-13,15-18H2/t19?,21-,22+,35+/m1/s1. The molecule has 0 saturated carbocycles. The minimum atomic E-state index is -1.04. The fraction of sp³-hybridized carbons (Fsp3) is 0.429. The van der Waals surface area contributed by atoms with Crippen LogP contribution in [0.1, 0.15) is 44.1 Å². The molecule has 1 unspecified atom stereocenters. The fourth-order valence-electron chi connectivity index (χ4n) is 8.02. The van der Waals surface area contributed by atoms with Crippen LogP contribution in [-0.2, 0) is 0 Å². The highest BCUT2D eigenvalue weighted by atomic mass is 19.1. The maximum absolute atomic E-state index is 17.0. The molecule has 3 fully saturated rings. The van der Waals surface area contributed by atoms with Crippen molar-refractivity contribution in [2.75, 3.05) is 37.7 Å². The lowest BCUT2D eigenvalue weighted by Crippen LogP contribution is -2.43. The summed E-state index contributed by atoms with van der Waals surface area (Å²) in [6.07, 6.45) is 9.10. The molecule has 47 heavy (non-hydrogen) atoms. The topological polar surface area (TPSA) is 108 Å². The van der Waals surface area contributed by atoms with Crippen LogP contribution in [0.25, 0.3) is 32.9 Å². The third-order valence-corrected chi connectivity index (χ3v) is 10.1. The minimum Gasteiger partial charge on any atom is -0.508 e. The Morgan fingerprint density at radius 2 is 1.98 bits per heavy atom. The Morgan fingerprint density at radius 1 is 1.11 bits per heavy atom. The van der Waals surface area contributed by atoms with Gasteiger partial charge in [0, 0.05) is 37.0 Å². The number of ether oxygens (including phenoxy) is 2. The normalized spacial score (nSPS) is 25.4. The summed E-state index contributed by atoms with van der Waals surface area (Å²) in [5.74, 6) is 0.960. The lowest BCUT2D eigenvalue weighted by molar-refractivity contribution is 0.107. The van der Waals surface area contributed by atoms with Gasteiger partial charge in [-0.25, -0.2) is 18.2 Å². The number of fused-ring (bicyclic) bond motifs is 4. The van der Waals surface area contributed by atoms with E-state index in [0.717, 1.165) is 25.7 Å². The SMILES string of the molecule is C#Cc1c(F)ccc2cc(O)cc(-c3nc4c5c(nc(OC[C@@]67CC(C#N)CN6C[C@H](F)C7)nc5c3F)N3CCCCC[C@H]3CO4)c12. The van der Waals surface area contributed by atoms with Crippen molar-refractivity contribution in [3.8, 4) is 47.3 Å². The zero-order valence-corrected chi connectivity index (χ0v) is 25.5. The fourth-order valence-corrected chi connectivity index (χ4v) is 8.02. The summed E-state index contributed by atoms with van der Waals surface area (Å²) in [5.41, 5.74) is -1.04. The maximum Gasteiger partial charge on any atom is 0.319 e. The molecular formula is C35H31F3N6O3. The first-order chi connectivity index (χ1) is 22.8. The molecule has 8 rings (SSSR count). The average molecular weight is 641 g/mol. The molecule has 2 aromatic heterocycles. The molecule has 0 radical (unpaired) electrons. The van der Waals surface area contributed by atoms with Crippen LogP contribution in [0.5, 0.6) is 17.6 Å². The summed E-state index contributed by atoms with van der Waals surface area (Å²) in [4.78, 5) is 18.1. The molecule has 0 amide bonds. The van der Waals surface area contributed by atoms with Gasteiger partial charge < -0.3 is 19.5 Å². The van der Waals surface area contributed by atoms with Crippen molar-refractivity contribution in [3.05, 3.63) is 41.5 Å². The Labute approximate surface area is 268 Å². The van der Waals surface area contributed by atoms with Crippen molar-refractivity contribution in [3.63, 3.8) is 0 Å². The molecule has 4 aliphatic heterocycles. The highest BCUT2D eigenvalue weighted by molar-refractivity contribution is 6.04. The summed E-state index contributed by atoms with van der Waals surface area (Å²) in [6.45, 7) is 1.65. The number of aromatic nitrogens is 3. The number of aromatic hydroxyl groups is 1. The number of hydrogen-bond donors (Lipinski definition) is 1. The number of anilines is 1. The summed E-state index contributed by atoms with van der Waals surface area (Å²) in [6, 6.07) is 7.53. The molecule has 0 bridgehead atoms. The lowest BCUT2D eigenvalue weighted by atomic mass is 9.91. The lowest BCUT2D eigenvalue weighted by Gasteiger charge is -2.31. The van der Waals surface area contributed by atoms with Crippen molar-refractivity contribution in [1.29, 1.82) is 5.26 Å². The van der Waals surface area contributed by atoms with Gasteiger partial charge in [0.1, 0.15) is 53.4 Å². The van der Waals surface area contributed by atoms with E-state index in [4.69, 9.17) is 20.9 Å². The number of phenols is 1. The second kappa shape index (κ2) is 11.2. The monoisotopic (exact) mass is 640 g/mol. The molecule has 12 heteroatoms. The molecule has 4 aliphatic rings. The van der Waals surface area contributed by atoms with Crippen molar-refractivity contribution < 1.29 is 27.8 Å². The van der Waals surface area contributed by atoms with Gasteiger partial charge in [-0.15, -0.1) is 6.42 Å². The van der Waals surface area contributed by atoms with Crippen molar-refractivity contribution >= 4 is 27.5 Å². The van der Waals surface area contributed by atoms with E-state index >= 15 is 4.39 Å². The number of pyridine rings is 1. The molecule has 3 saturated heterocycles. The van der Waals surface area contributed by atoms with Gasteiger partial charge >= 0.3 is 6.01 Å². The molecule has 0 aliphatic carbocycles. The molecule has 4 aromatic rings. The molecule has 6 heterocycles. The van der Waals surface area contributed by atoms with Gasteiger partial charge in [0.2, 0.25) is 5.88 Å². The molecular weight excluding hydrogens is 609 g/mol. The molecule has 9 nitrogen and oxygen atoms in total. The molecule has 1 N–H and O–H groups in total. The van der Waals surface area contributed by atoms with Crippen LogP contribution < -0.4 is 14.4 Å². The van der Waals surface area contributed by atoms with Gasteiger partial charge in [0.25, 0.3) is 0 Å². The second-order valence-corrected chi connectivity index (χ2v) is 13.0. The van der Waals surface area contributed by atoms with E-state index in [1.54, 1.807) is 0 Å². The first-order valence-corrected chi connectivity index (χ1v) is 15.9. The van der Waals surface area contributed by atoms with Gasteiger partial charge in [-0.1, -0.05) is 24.8 Å². The summed E-state index contributed by atoms with van der Waals surface area (Å²) < 4.78 is 59.0. The Hall–Kier alpha value is -4.81. The van der Waals surface area contributed by atoms with Crippen LogP contribution in [0.3, 0.4) is 0 Å². The van der Waals surface area contributed by atoms with Crippen LogP contribution in [-0.4, -0.2) is 75.6 Å². The zero-order chi connectivity index (χ0) is 32.4. The number of hydrogen-bond acceptors (Lipinski definition) is 9. The quantitative estimate of drug-likeness (QED) is 0.283. The van der Waals surface area contributed by atoms with E-state index in [-0.39, 0.29) is 88.9 Å². The number of halogens is 3. The number of phenolic OH excluding ortho intramolecular Hbond substituents is 1. The Balaban J connectivity index is 1.32. The number of rotatable bonds is 4. The number of nitriles is 1. The van der Waals surface area contributed by atoms with Gasteiger partial charge in [-0.2, -0.15) is 15.2 Å². The van der Waals surface area contributed by atoms with Crippen molar-refractivity contribution in [2.24, 2.45) is 5.92 Å². The highest BCUT2D eigenvalue weighted by Crippen LogP contribution is 2.45. The largest absolute Gasteiger partial charge is 0.508 e. The van der Waals surface area contributed by atoms with Crippen LogP contribution in [0.15, 0.2) is 24.3 Å². The number of terminal acetylenes is 1. The van der Waals surface area contributed by atoms with Gasteiger partial charge in [-0.05, 0) is 42.8 Å². The highest BCUT2D eigenvalue weighted by Gasteiger charge is 2.53. The maximum atomic E-state index is 17.0. The predicted octanol–water partition coefficient (Wildman–Crippen LogP) is 5.66. The number of benzene rings is 2. The molecule has 0 spiro atoms. The molecule has 240 valence electrons. The van der Waals surface area contributed by atoms with Crippen LogP contribution in [0, 0.1) is 41.2 Å². The van der Waals surface area contributed by atoms with Gasteiger partial charge in [0.05, 0.1) is 29.1 Å². The molecule has 2 aromatic carbocycles. The first-order valence-electron chi connectivity index (χ1n) is 15.9. The van der Waals surface area contributed by atoms with Crippen LogP contribution in [0.4, 0.5) is 19.0 Å². The van der Waals surface area contributed by atoms with Crippen molar-refractivity contribution in [2.45, 2.75) is 56.3 Å². The van der Waals surface area contributed by atoms with Gasteiger partial charge in [0.15, 0.2) is 5.82 Å². The van der Waals surface area contributed by atoms with E-state index in [9.17, 15) is 19.1 Å². The van der Waals surface area contributed by atoms with Crippen molar-refractivity contribution in [1.82, 2.24) is 19.9 Å². The first kappa shape index (κ1) is 29.6. The summed E-state index contributed by atoms with van der Waals surface area (Å²) >= 11 is 0. The zero-order valence-electron chi connectivity index (χ0n) is 25.5. The summed E-state index contributed by atoms with van der Waals surface area (Å²) in [7, 11) is 0. The van der Waals surface area contributed by atoms with E-state index in [2.05, 4.69) is 26.9 Å². The van der Waals surface area contributed by atoms with E-state index in [0.29, 0.717) is 30.7 Å². The Bertz CT molecular complexity index is 2030. The number of alkyl halides is 1. The van der Waals surface area contributed by atoms with E-state index in [1.807, 2.05) is 4.90 Å². The smallest absolute Gasteiger partial charge is 0.319 e. The average Bonchev–Trinajstić information content (AvgIpc) is 3.36. The van der Waals surface area contributed by atoms with E-state index in [1.165, 1.54) is 24.3 Å². The predicted molar refractivity (Wildman–Crippen MR) is 168 cm³/mol. The van der Waals surface area contributed by atoms with E-state index < -0.39 is 23.3 Å². The number of nitrogens with zero attached hydrogens (tertiary/aromatic N) is 6. The third-order valence-electron chi connectivity index (χ3n) is 10.1. The third kappa shape index (κ3) is 4.77. The van der Waals surface area contributed by atoms with Crippen LogP contribution >= 0.6 is 0 Å². The Kier molecular flexibility index (Phi) is 7.03. The minimum absolute atomic E-state index is 0.0326.